The minimum Gasteiger partial charge on any atom is -0.409 e. The van der Waals surface area contributed by atoms with E-state index in [-0.39, 0.29) is 11.7 Å². The van der Waals surface area contributed by atoms with Gasteiger partial charge in [-0.05, 0) is 31.4 Å². The largest absolute Gasteiger partial charge is 0.409 e. The first-order valence-electron chi connectivity index (χ1n) is 6.73. The summed E-state index contributed by atoms with van der Waals surface area (Å²) in [5.74, 6) is -0.733. The van der Waals surface area contributed by atoms with E-state index in [1.807, 2.05) is 0 Å². The number of amides is 2. The van der Waals surface area contributed by atoms with E-state index >= 15 is 0 Å². The van der Waals surface area contributed by atoms with Crippen LogP contribution in [0.5, 0.6) is 0 Å². The van der Waals surface area contributed by atoms with Crippen LogP contribution in [-0.4, -0.2) is 40.3 Å². The fraction of sp³-hybridized carbons (Fsp3) is 0.357. The maximum absolute atomic E-state index is 12.5. The molecule has 1 fully saturated rings. The van der Waals surface area contributed by atoms with Crippen LogP contribution in [0.3, 0.4) is 0 Å². The van der Waals surface area contributed by atoms with Gasteiger partial charge in [0.05, 0.1) is 0 Å². The highest BCUT2D eigenvalue weighted by molar-refractivity contribution is 6.00. The predicted molar refractivity (Wildman–Crippen MR) is 76.8 cm³/mol. The molecule has 1 aliphatic rings. The second-order valence-corrected chi connectivity index (χ2v) is 4.98. The number of nitrogens with zero attached hydrogens (tertiary/aromatic N) is 2. The van der Waals surface area contributed by atoms with E-state index in [1.165, 1.54) is 4.90 Å². The number of amidine groups is 1. The second-order valence-electron chi connectivity index (χ2n) is 4.98. The summed E-state index contributed by atoms with van der Waals surface area (Å²) in [5, 5.41) is 11.5. The zero-order valence-corrected chi connectivity index (χ0v) is 11.5. The third-order valence-corrected chi connectivity index (χ3v) is 3.63. The first-order valence-corrected chi connectivity index (χ1v) is 6.73. The number of hydrogen-bond donors (Lipinski definition) is 3. The summed E-state index contributed by atoms with van der Waals surface area (Å²) < 4.78 is 0. The van der Waals surface area contributed by atoms with Crippen molar-refractivity contribution in [2.75, 3.05) is 6.54 Å². The van der Waals surface area contributed by atoms with Crippen molar-refractivity contribution in [3.63, 3.8) is 0 Å². The molecule has 1 aromatic carbocycles. The summed E-state index contributed by atoms with van der Waals surface area (Å²) in [6.45, 7) is 0.522. The van der Waals surface area contributed by atoms with E-state index in [0.717, 1.165) is 12.8 Å². The lowest BCUT2D eigenvalue weighted by Crippen LogP contribution is -2.50. The molecule has 0 saturated carbocycles. The molecule has 1 aliphatic heterocycles. The van der Waals surface area contributed by atoms with E-state index in [2.05, 4.69) is 5.16 Å². The van der Waals surface area contributed by atoms with E-state index < -0.39 is 11.9 Å². The molecule has 1 heterocycles. The highest BCUT2D eigenvalue weighted by Gasteiger charge is 2.31. The molecule has 7 heteroatoms. The molecule has 1 unspecified atom stereocenters. The van der Waals surface area contributed by atoms with Gasteiger partial charge in [-0.15, -0.1) is 0 Å². The lowest BCUT2D eigenvalue weighted by Gasteiger charge is -2.33. The highest BCUT2D eigenvalue weighted by atomic mass is 16.4. The van der Waals surface area contributed by atoms with Gasteiger partial charge in [-0.2, -0.15) is 0 Å². The zero-order chi connectivity index (χ0) is 15.4. The SMILES string of the molecule is NC(=O)C1CCCCN1C(=O)c1ccc(C(N)=NO)cc1. The number of hydrogen-bond acceptors (Lipinski definition) is 4. The number of primary amides is 1. The maximum atomic E-state index is 12.5. The molecule has 7 nitrogen and oxygen atoms in total. The Bertz CT molecular complexity index is 568. The van der Waals surface area contributed by atoms with Crippen molar-refractivity contribution in [2.45, 2.75) is 25.3 Å². The third-order valence-electron chi connectivity index (χ3n) is 3.63. The predicted octanol–water partition coefficient (Wildman–Crippen LogP) is 0.261. The summed E-state index contributed by atoms with van der Waals surface area (Å²) in [7, 11) is 0. The van der Waals surface area contributed by atoms with Crippen LogP contribution < -0.4 is 11.5 Å². The Hall–Kier alpha value is -2.57. The number of carbonyl (C=O) groups is 2. The third kappa shape index (κ3) is 3.13. The van der Waals surface area contributed by atoms with Gasteiger partial charge in [0.2, 0.25) is 5.91 Å². The van der Waals surface area contributed by atoms with Crippen molar-refractivity contribution >= 4 is 17.6 Å². The van der Waals surface area contributed by atoms with Crippen LogP contribution in [0.25, 0.3) is 0 Å². The number of likely N-dealkylation sites (tertiary alicyclic amines) is 1. The Labute approximate surface area is 122 Å². The van der Waals surface area contributed by atoms with E-state index in [4.69, 9.17) is 16.7 Å². The molecule has 0 aliphatic carbocycles. The zero-order valence-electron chi connectivity index (χ0n) is 11.5. The van der Waals surface area contributed by atoms with E-state index in [1.54, 1.807) is 24.3 Å². The molecule has 2 amide bonds. The number of carbonyl (C=O) groups excluding carboxylic acids is 2. The van der Waals surface area contributed by atoms with Gasteiger partial charge >= 0.3 is 0 Å². The van der Waals surface area contributed by atoms with Gasteiger partial charge in [-0.1, -0.05) is 17.3 Å². The summed E-state index contributed by atoms with van der Waals surface area (Å²) in [6, 6.07) is 5.80. The minimum atomic E-state index is -0.546. The molecule has 1 saturated heterocycles. The van der Waals surface area contributed by atoms with Crippen molar-refractivity contribution in [3.05, 3.63) is 35.4 Å². The summed E-state index contributed by atoms with van der Waals surface area (Å²) in [4.78, 5) is 25.4. The fourth-order valence-electron chi connectivity index (χ4n) is 2.48. The van der Waals surface area contributed by atoms with Crippen molar-refractivity contribution in [2.24, 2.45) is 16.6 Å². The average molecular weight is 290 g/mol. The van der Waals surface area contributed by atoms with Gasteiger partial charge in [0.1, 0.15) is 6.04 Å². The first kappa shape index (κ1) is 14.8. The molecule has 0 aromatic heterocycles. The molecule has 5 N–H and O–H groups in total. The number of oxime groups is 1. The van der Waals surface area contributed by atoms with Crippen molar-refractivity contribution < 1.29 is 14.8 Å². The Morgan fingerprint density at radius 3 is 2.33 bits per heavy atom. The molecule has 2 rings (SSSR count). The molecule has 1 atom stereocenters. The van der Waals surface area contributed by atoms with Crippen LogP contribution in [0.1, 0.15) is 35.2 Å². The summed E-state index contributed by atoms with van der Waals surface area (Å²) in [5.41, 5.74) is 11.8. The molecule has 0 bridgehead atoms. The highest BCUT2D eigenvalue weighted by Crippen LogP contribution is 2.19. The quantitative estimate of drug-likeness (QED) is 0.320. The lowest BCUT2D eigenvalue weighted by molar-refractivity contribution is -0.123. The molecule has 21 heavy (non-hydrogen) atoms. The number of piperidine rings is 1. The average Bonchev–Trinajstić information content (AvgIpc) is 2.53. The van der Waals surface area contributed by atoms with Crippen LogP contribution in [0.2, 0.25) is 0 Å². The number of rotatable bonds is 3. The molecular formula is C14H18N4O3. The number of nitrogens with two attached hydrogens (primary N) is 2. The van der Waals surface area contributed by atoms with Crippen LogP contribution in [-0.2, 0) is 4.79 Å². The lowest BCUT2D eigenvalue weighted by atomic mass is 10.00. The molecule has 1 aromatic rings. The van der Waals surface area contributed by atoms with Crippen LogP contribution in [0, 0.1) is 0 Å². The summed E-state index contributed by atoms with van der Waals surface area (Å²) >= 11 is 0. The van der Waals surface area contributed by atoms with Crippen molar-refractivity contribution in [1.82, 2.24) is 4.90 Å². The van der Waals surface area contributed by atoms with Crippen molar-refractivity contribution in [1.29, 1.82) is 0 Å². The second kappa shape index (κ2) is 6.25. The van der Waals surface area contributed by atoms with Gasteiger partial charge in [0.15, 0.2) is 5.84 Å². The maximum Gasteiger partial charge on any atom is 0.254 e. The van der Waals surface area contributed by atoms with Gasteiger partial charge in [-0.3, -0.25) is 9.59 Å². The van der Waals surface area contributed by atoms with E-state index in [9.17, 15) is 9.59 Å². The Balaban J connectivity index is 2.20. The van der Waals surface area contributed by atoms with Crippen LogP contribution >= 0.6 is 0 Å². The van der Waals surface area contributed by atoms with Gasteiger partial charge in [0, 0.05) is 17.7 Å². The monoisotopic (exact) mass is 290 g/mol. The topological polar surface area (TPSA) is 122 Å². The van der Waals surface area contributed by atoms with Gasteiger partial charge < -0.3 is 21.6 Å². The van der Waals surface area contributed by atoms with E-state index in [0.29, 0.717) is 24.1 Å². The standard InChI is InChI=1S/C14H18N4O3/c15-12(17-21)9-4-6-10(7-5-9)14(20)18-8-2-1-3-11(18)13(16)19/h4-7,11,21H,1-3,8H2,(H2,15,17)(H2,16,19). The fourth-order valence-corrected chi connectivity index (χ4v) is 2.48. The molecule has 0 radical (unpaired) electrons. The molecule has 0 spiro atoms. The Morgan fingerprint density at radius 2 is 1.76 bits per heavy atom. The van der Waals surface area contributed by atoms with Gasteiger partial charge in [0.25, 0.3) is 5.91 Å². The van der Waals surface area contributed by atoms with Crippen LogP contribution in [0.15, 0.2) is 29.4 Å². The van der Waals surface area contributed by atoms with Crippen molar-refractivity contribution in [3.8, 4) is 0 Å². The summed E-state index contributed by atoms with van der Waals surface area (Å²) in [6.07, 6.45) is 2.35. The Morgan fingerprint density at radius 1 is 1.14 bits per heavy atom. The molecule has 112 valence electrons. The normalized spacial score (nSPS) is 19.3. The number of benzene rings is 1. The van der Waals surface area contributed by atoms with Gasteiger partial charge in [-0.25, -0.2) is 0 Å². The van der Waals surface area contributed by atoms with Crippen LogP contribution in [0.4, 0.5) is 0 Å². The minimum absolute atomic E-state index is 0.0259. The Kier molecular flexibility index (Phi) is 4.42. The molecular weight excluding hydrogens is 272 g/mol. The first-order chi connectivity index (χ1) is 10.0. The smallest absolute Gasteiger partial charge is 0.254 e.